The van der Waals surface area contributed by atoms with E-state index in [-0.39, 0.29) is 11.4 Å². The van der Waals surface area contributed by atoms with Gasteiger partial charge in [0.25, 0.3) is 11.7 Å². The van der Waals surface area contributed by atoms with Gasteiger partial charge < -0.3 is 9.47 Å². The summed E-state index contributed by atoms with van der Waals surface area (Å²) in [5.74, 6) is -3.29. The number of benzene rings is 2. The maximum absolute atomic E-state index is 13.6. The molecule has 0 fully saturated rings. The highest BCUT2D eigenvalue weighted by molar-refractivity contribution is 6.05. The van der Waals surface area contributed by atoms with Gasteiger partial charge in [-0.25, -0.2) is 4.39 Å². The highest BCUT2D eigenvalue weighted by atomic mass is 19.1. The molecule has 3 rings (SSSR count). The van der Waals surface area contributed by atoms with Crippen molar-refractivity contribution in [3.8, 4) is 0 Å². The van der Waals surface area contributed by atoms with Gasteiger partial charge in [0.1, 0.15) is 5.82 Å². The molecule has 0 spiro atoms. The maximum atomic E-state index is 13.6. The minimum Gasteiger partial charge on any atom is -0.456 e. The minimum atomic E-state index is -1.65. The van der Waals surface area contributed by atoms with E-state index >= 15 is 0 Å². The molecular weight excluding hydrogens is 353 g/mol. The van der Waals surface area contributed by atoms with Crippen LogP contribution in [0.1, 0.15) is 29.8 Å². The van der Waals surface area contributed by atoms with E-state index in [0.717, 1.165) is 13.0 Å². The van der Waals surface area contributed by atoms with Gasteiger partial charge in [0, 0.05) is 18.1 Å². The summed E-state index contributed by atoms with van der Waals surface area (Å²) in [6.07, 6.45) is 0. The van der Waals surface area contributed by atoms with E-state index < -0.39 is 34.8 Å². The van der Waals surface area contributed by atoms with E-state index in [9.17, 15) is 18.8 Å². The van der Waals surface area contributed by atoms with Crippen molar-refractivity contribution in [1.29, 1.82) is 0 Å². The molecule has 2 aromatic carbocycles. The average Bonchev–Trinajstić information content (AvgIpc) is 2.87. The van der Waals surface area contributed by atoms with Crippen molar-refractivity contribution >= 4 is 17.7 Å². The number of esters is 1. The summed E-state index contributed by atoms with van der Waals surface area (Å²) in [4.78, 5) is 36.7. The number of rotatable bonds is 4. The maximum Gasteiger partial charge on any atom is 0.308 e. The molecule has 0 aliphatic carbocycles. The Hall–Kier alpha value is -3.48. The van der Waals surface area contributed by atoms with Crippen molar-refractivity contribution in [2.45, 2.75) is 19.4 Å². The standard InChI is InChI=1S/C20H16FNO5/c1-12(23)26-16-17(24)20(2,14-9-6-10-15(21)11-14)27-19(16)22-18(25)13-7-4-3-5-8-13/h3-11H,1-2H3,(H,22,25). The molecule has 1 aliphatic heterocycles. The summed E-state index contributed by atoms with van der Waals surface area (Å²) in [6, 6.07) is 13.6. The lowest BCUT2D eigenvalue weighted by Gasteiger charge is -2.23. The first-order valence-electron chi connectivity index (χ1n) is 8.10. The Bertz CT molecular complexity index is 954. The van der Waals surface area contributed by atoms with Gasteiger partial charge in [-0.3, -0.25) is 19.7 Å². The van der Waals surface area contributed by atoms with E-state index in [1.807, 2.05) is 0 Å². The van der Waals surface area contributed by atoms with Crippen molar-refractivity contribution in [3.05, 3.63) is 83.2 Å². The molecule has 1 unspecified atom stereocenters. The van der Waals surface area contributed by atoms with Crippen molar-refractivity contribution in [3.63, 3.8) is 0 Å². The van der Waals surface area contributed by atoms with Gasteiger partial charge in [0.05, 0.1) is 0 Å². The van der Waals surface area contributed by atoms with Gasteiger partial charge in [-0.2, -0.15) is 0 Å². The molecule has 0 saturated carbocycles. The summed E-state index contributed by atoms with van der Waals surface area (Å²) < 4.78 is 24.3. The highest BCUT2D eigenvalue weighted by Crippen LogP contribution is 2.38. The molecule has 1 heterocycles. The zero-order valence-corrected chi connectivity index (χ0v) is 14.6. The second-order valence-corrected chi connectivity index (χ2v) is 6.05. The number of Topliss-reactive ketones (excluding diaryl/α,β-unsaturated/α-hetero) is 1. The summed E-state index contributed by atoms with van der Waals surface area (Å²) in [5, 5.41) is 2.45. The molecule has 138 valence electrons. The van der Waals surface area contributed by atoms with Crippen LogP contribution < -0.4 is 5.32 Å². The third-order valence-electron chi connectivity index (χ3n) is 4.04. The quantitative estimate of drug-likeness (QED) is 0.838. The first-order valence-corrected chi connectivity index (χ1v) is 8.10. The minimum absolute atomic E-state index is 0.223. The first kappa shape index (κ1) is 18.3. The van der Waals surface area contributed by atoms with Gasteiger partial charge >= 0.3 is 5.97 Å². The molecule has 0 radical (unpaired) electrons. The zero-order valence-electron chi connectivity index (χ0n) is 14.6. The molecule has 1 aliphatic rings. The summed E-state index contributed by atoms with van der Waals surface area (Å²) >= 11 is 0. The Morgan fingerprint density at radius 3 is 2.44 bits per heavy atom. The molecule has 0 aromatic heterocycles. The van der Waals surface area contributed by atoms with E-state index in [2.05, 4.69) is 5.32 Å². The zero-order chi connectivity index (χ0) is 19.6. The van der Waals surface area contributed by atoms with Crippen LogP contribution >= 0.6 is 0 Å². The van der Waals surface area contributed by atoms with E-state index in [1.165, 1.54) is 25.1 Å². The van der Waals surface area contributed by atoms with Crippen molar-refractivity contribution in [2.24, 2.45) is 0 Å². The first-order chi connectivity index (χ1) is 12.8. The van der Waals surface area contributed by atoms with Gasteiger partial charge in [-0.1, -0.05) is 30.3 Å². The van der Waals surface area contributed by atoms with Gasteiger partial charge in [0.2, 0.25) is 11.6 Å². The number of hydrogen-bond acceptors (Lipinski definition) is 5. The topological polar surface area (TPSA) is 81.7 Å². The van der Waals surface area contributed by atoms with Crippen molar-refractivity contribution in [1.82, 2.24) is 5.32 Å². The third kappa shape index (κ3) is 3.57. The Kier molecular flexibility index (Phi) is 4.77. The SMILES string of the molecule is CC(=O)OC1=C(NC(=O)c2ccccc2)OC(C)(c2cccc(F)c2)C1=O. The fourth-order valence-electron chi connectivity index (χ4n) is 2.68. The lowest BCUT2D eigenvalue weighted by atomic mass is 9.91. The third-order valence-corrected chi connectivity index (χ3v) is 4.04. The molecule has 7 heteroatoms. The predicted molar refractivity (Wildman–Crippen MR) is 92.5 cm³/mol. The molecule has 1 N–H and O–H groups in total. The van der Waals surface area contributed by atoms with Crippen LogP contribution in [0.5, 0.6) is 0 Å². The van der Waals surface area contributed by atoms with Crippen LogP contribution in [0.2, 0.25) is 0 Å². The van der Waals surface area contributed by atoms with Gasteiger partial charge in [-0.05, 0) is 31.2 Å². The molecule has 0 saturated heterocycles. The van der Waals surface area contributed by atoms with E-state index in [4.69, 9.17) is 9.47 Å². The van der Waals surface area contributed by atoms with E-state index in [0.29, 0.717) is 5.56 Å². The number of ether oxygens (including phenoxy) is 2. The van der Waals surface area contributed by atoms with Crippen molar-refractivity contribution in [2.75, 3.05) is 0 Å². The Morgan fingerprint density at radius 2 is 1.81 bits per heavy atom. The smallest absolute Gasteiger partial charge is 0.308 e. The van der Waals surface area contributed by atoms with Crippen molar-refractivity contribution < 1.29 is 28.2 Å². The fourth-order valence-corrected chi connectivity index (χ4v) is 2.68. The second kappa shape index (κ2) is 7.03. The number of ketones is 1. The number of carbonyl (C=O) groups excluding carboxylic acids is 3. The Morgan fingerprint density at radius 1 is 1.11 bits per heavy atom. The molecule has 1 amide bonds. The van der Waals surface area contributed by atoms with Crippen LogP contribution in [0.25, 0.3) is 0 Å². The number of halogens is 1. The Balaban J connectivity index is 1.96. The summed E-state index contributed by atoms with van der Waals surface area (Å²) in [7, 11) is 0. The molecule has 2 aromatic rings. The molecule has 1 atom stereocenters. The lowest BCUT2D eigenvalue weighted by molar-refractivity contribution is -0.142. The largest absolute Gasteiger partial charge is 0.456 e. The lowest BCUT2D eigenvalue weighted by Crippen LogP contribution is -2.32. The Labute approximate surface area is 154 Å². The highest BCUT2D eigenvalue weighted by Gasteiger charge is 2.50. The summed E-state index contributed by atoms with van der Waals surface area (Å²) in [6.45, 7) is 2.53. The van der Waals surface area contributed by atoms with E-state index in [1.54, 1.807) is 30.3 Å². The molecular formula is C20H16FNO5. The van der Waals surface area contributed by atoms with Gasteiger partial charge in [0.15, 0.2) is 5.60 Å². The second-order valence-electron chi connectivity index (χ2n) is 6.05. The van der Waals surface area contributed by atoms with Crippen LogP contribution in [-0.4, -0.2) is 17.7 Å². The predicted octanol–water partition coefficient (Wildman–Crippen LogP) is 2.80. The molecule has 0 bridgehead atoms. The normalized spacial score (nSPS) is 18.9. The van der Waals surface area contributed by atoms with Crippen LogP contribution in [-0.2, 0) is 24.7 Å². The molecule has 6 nitrogen and oxygen atoms in total. The van der Waals surface area contributed by atoms with Gasteiger partial charge in [-0.15, -0.1) is 0 Å². The van der Waals surface area contributed by atoms with Crippen LogP contribution in [0.15, 0.2) is 66.2 Å². The average molecular weight is 369 g/mol. The van der Waals surface area contributed by atoms with Crippen LogP contribution in [0, 0.1) is 5.82 Å². The number of amides is 1. The number of carbonyl (C=O) groups is 3. The van der Waals surface area contributed by atoms with Crippen LogP contribution in [0.3, 0.4) is 0 Å². The van der Waals surface area contributed by atoms with Crippen LogP contribution in [0.4, 0.5) is 4.39 Å². The fraction of sp³-hybridized carbons (Fsp3) is 0.150. The molecule has 27 heavy (non-hydrogen) atoms. The number of hydrogen-bond donors (Lipinski definition) is 1. The monoisotopic (exact) mass is 369 g/mol. The number of nitrogens with one attached hydrogen (secondary N) is 1. The summed E-state index contributed by atoms with van der Waals surface area (Å²) in [5.41, 5.74) is -1.10.